The Hall–Kier alpha value is -0.390. The second kappa shape index (κ2) is 7.88. The van der Waals surface area contributed by atoms with Crippen LogP contribution in [0.3, 0.4) is 0 Å². The number of rotatable bonds is 4. The zero-order valence-corrected chi connectivity index (χ0v) is 18.5. The number of hydrogen-bond donors (Lipinski definition) is 0. The predicted molar refractivity (Wildman–Crippen MR) is 94.2 cm³/mol. The van der Waals surface area contributed by atoms with Crippen molar-refractivity contribution in [1.82, 2.24) is 0 Å². The van der Waals surface area contributed by atoms with Gasteiger partial charge in [-0.25, -0.2) is 8.42 Å². The molecule has 126 valence electrons. The van der Waals surface area contributed by atoms with Crippen LogP contribution in [0.15, 0.2) is 29.2 Å². The maximum Gasteiger partial charge on any atom is 1.00 e. The van der Waals surface area contributed by atoms with Gasteiger partial charge in [-0.1, -0.05) is 59.7 Å². The van der Waals surface area contributed by atoms with Crippen LogP contribution in [0.25, 0.3) is 10.8 Å². The van der Waals surface area contributed by atoms with E-state index in [1.165, 1.54) is 6.07 Å². The molecule has 5 heteroatoms. The summed E-state index contributed by atoms with van der Waals surface area (Å²) in [5, 5.41) is 1.50. The van der Waals surface area contributed by atoms with Gasteiger partial charge in [-0.15, -0.1) is 0 Å². The smallest absolute Gasteiger partial charge is 0.744 e. The topological polar surface area (TPSA) is 57.2 Å². The molecule has 0 saturated heterocycles. The van der Waals surface area contributed by atoms with E-state index in [0.29, 0.717) is 5.39 Å². The molecule has 0 bridgehead atoms. The van der Waals surface area contributed by atoms with Gasteiger partial charge in [0.05, 0.1) is 4.90 Å². The minimum Gasteiger partial charge on any atom is -0.744 e. The fourth-order valence-electron chi connectivity index (χ4n) is 3.32. The molecule has 0 fully saturated rings. The van der Waals surface area contributed by atoms with Crippen molar-refractivity contribution in [2.75, 3.05) is 0 Å². The second-order valence-corrected chi connectivity index (χ2v) is 8.41. The van der Waals surface area contributed by atoms with E-state index in [9.17, 15) is 13.0 Å². The molecule has 0 saturated carbocycles. The van der Waals surface area contributed by atoms with Gasteiger partial charge in [-0.3, -0.25) is 0 Å². The molecule has 0 spiro atoms. The maximum atomic E-state index is 11.8. The molecule has 0 aromatic heterocycles. The van der Waals surface area contributed by atoms with Crippen molar-refractivity contribution >= 4 is 20.9 Å². The Labute approximate surface area is 167 Å². The second-order valence-electron chi connectivity index (χ2n) is 7.06. The molecule has 0 atom stereocenters. The van der Waals surface area contributed by atoms with Gasteiger partial charge in [0.2, 0.25) is 0 Å². The summed E-state index contributed by atoms with van der Waals surface area (Å²) in [6.07, 6.45) is 0. The van der Waals surface area contributed by atoms with Crippen molar-refractivity contribution < 1.29 is 42.5 Å². The third-order valence-electron chi connectivity index (χ3n) is 4.34. The van der Waals surface area contributed by atoms with Crippen LogP contribution in [-0.4, -0.2) is 13.0 Å². The van der Waals surface area contributed by atoms with Crippen LogP contribution >= 0.6 is 0 Å². The molecule has 0 aliphatic heterocycles. The number of hydrogen-bond acceptors (Lipinski definition) is 3. The van der Waals surface area contributed by atoms with Crippen molar-refractivity contribution in [1.29, 1.82) is 0 Å². The summed E-state index contributed by atoms with van der Waals surface area (Å²) in [7, 11) is -4.52. The zero-order valence-electron chi connectivity index (χ0n) is 15.7. The van der Waals surface area contributed by atoms with Crippen LogP contribution in [0.2, 0.25) is 0 Å². The first kappa shape index (κ1) is 21.7. The summed E-state index contributed by atoms with van der Waals surface area (Å²) >= 11 is 0. The van der Waals surface area contributed by atoms with Gasteiger partial charge < -0.3 is 4.55 Å². The Bertz CT molecular complexity index is 837. The van der Waals surface area contributed by atoms with Crippen LogP contribution in [0.4, 0.5) is 0 Å². The van der Waals surface area contributed by atoms with Gasteiger partial charge in [0, 0.05) is 5.39 Å². The number of fused-ring (bicyclic) bond motifs is 1. The normalized spacial score (nSPS) is 12.2. The van der Waals surface area contributed by atoms with Gasteiger partial charge in [0.15, 0.2) is 0 Å². The van der Waals surface area contributed by atoms with Crippen molar-refractivity contribution in [2.24, 2.45) is 0 Å². The molecule has 2 rings (SSSR count). The average Bonchev–Trinajstić information content (AvgIpc) is 2.42. The quantitative estimate of drug-likeness (QED) is 0.623. The largest absolute Gasteiger partial charge is 1.00 e. The molecule has 0 N–H and O–H groups in total. The fraction of sp³-hybridized carbons (Fsp3) is 0.474. The molecule has 2 aromatic carbocycles. The van der Waals surface area contributed by atoms with Gasteiger partial charge in [-0.2, -0.15) is 0 Å². The molecule has 0 radical (unpaired) electrons. The van der Waals surface area contributed by atoms with Crippen molar-refractivity contribution in [3.63, 3.8) is 0 Å². The Balaban J connectivity index is 0.00000288. The van der Waals surface area contributed by atoms with Gasteiger partial charge in [-0.05, 0) is 45.9 Å². The third kappa shape index (κ3) is 4.05. The first-order chi connectivity index (χ1) is 10.6. The molecule has 3 nitrogen and oxygen atoms in total. The Morgan fingerprint density at radius 3 is 1.71 bits per heavy atom. The Morgan fingerprint density at radius 1 is 0.792 bits per heavy atom. The zero-order chi connectivity index (χ0) is 17.5. The Kier molecular flexibility index (Phi) is 7.11. The van der Waals surface area contributed by atoms with E-state index < -0.39 is 10.1 Å². The molecule has 0 unspecified atom stereocenters. The molecule has 0 heterocycles. The molecule has 0 amide bonds. The van der Waals surface area contributed by atoms with Gasteiger partial charge in [0.1, 0.15) is 10.1 Å². The van der Waals surface area contributed by atoms with Crippen molar-refractivity contribution in [2.45, 2.75) is 64.2 Å². The van der Waals surface area contributed by atoms with Crippen molar-refractivity contribution in [3.05, 3.63) is 41.0 Å². The van der Waals surface area contributed by atoms with E-state index in [2.05, 4.69) is 33.8 Å². The Morgan fingerprint density at radius 2 is 1.29 bits per heavy atom. The predicted octanol–water partition coefficient (Wildman–Crippen LogP) is 2.12. The van der Waals surface area contributed by atoms with Crippen LogP contribution < -0.4 is 29.6 Å². The van der Waals surface area contributed by atoms with Crippen molar-refractivity contribution in [3.8, 4) is 0 Å². The summed E-state index contributed by atoms with van der Waals surface area (Å²) in [5.41, 5.74) is 3.16. The first-order valence-electron chi connectivity index (χ1n) is 8.11. The van der Waals surface area contributed by atoms with E-state index in [4.69, 9.17) is 0 Å². The summed E-state index contributed by atoms with van der Waals surface area (Å²) < 4.78 is 35.5. The molecule has 0 aliphatic rings. The van der Waals surface area contributed by atoms with E-state index in [1.54, 1.807) is 6.07 Å². The van der Waals surface area contributed by atoms with E-state index in [-0.39, 0.29) is 52.2 Å². The molecule has 0 aliphatic carbocycles. The SMILES string of the molecule is CC(C)c1ccc2c(C(C)C)ccc(S(=O)(=O)[O-])c2c1C(C)C.[Na+]. The summed E-state index contributed by atoms with van der Waals surface area (Å²) in [5.74, 6) is 0.659. The van der Waals surface area contributed by atoms with Crippen LogP contribution in [0.1, 0.15) is 76.0 Å². The van der Waals surface area contributed by atoms with Gasteiger partial charge >= 0.3 is 29.6 Å². The summed E-state index contributed by atoms with van der Waals surface area (Å²) in [6, 6.07) is 7.31. The third-order valence-corrected chi connectivity index (χ3v) is 5.22. The molecule has 2 aromatic rings. The van der Waals surface area contributed by atoms with Crippen LogP contribution in [0.5, 0.6) is 0 Å². The molecular formula is C19H25NaO3S. The minimum absolute atomic E-state index is 0. The standard InChI is InChI=1S/C19H26O3S.Na/c1-11(2)14-9-10-17(23(20,21)22)19-16(14)8-7-15(12(3)4)18(19)13(5)6;/h7-13H,1-6H3,(H,20,21,22);/q;+1/p-1. The monoisotopic (exact) mass is 356 g/mol. The van der Waals surface area contributed by atoms with Crippen LogP contribution in [-0.2, 0) is 10.1 Å². The van der Waals surface area contributed by atoms with E-state index in [0.717, 1.165) is 22.1 Å². The van der Waals surface area contributed by atoms with E-state index >= 15 is 0 Å². The first-order valence-corrected chi connectivity index (χ1v) is 9.51. The average molecular weight is 356 g/mol. The van der Waals surface area contributed by atoms with E-state index in [1.807, 2.05) is 19.9 Å². The number of benzene rings is 2. The minimum atomic E-state index is -4.52. The van der Waals surface area contributed by atoms with Crippen LogP contribution in [0, 0.1) is 0 Å². The summed E-state index contributed by atoms with van der Waals surface area (Å²) in [6.45, 7) is 12.4. The fourth-order valence-corrected chi connectivity index (χ4v) is 4.02. The maximum absolute atomic E-state index is 11.8. The van der Waals surface area contributed by atoms with Gasteiger partial charge in [0.25, 0.3) is 0 Å². The summed E-state index contributed by atoms with van der Waals surface area (Å²) in [4.78, 5) is -0.0944. The molecule has 24 heavy (non-hydrogen) atoms. The molecular weight excluding hydrogens is 331 g/mol.